The molecule has 16 heavy (non-hydrogen) atoms. The second-order valence-corrected chi connectivity index (χ2v) is 2.85. The van der Waals surface area contributed by atoms with Gasteiger partial charge in [0.1, 0.15) is 6.20 Å². The van der Waals surface area contributed by atoms with Crippen LogP contribution in [-0.4, -0.2) is 33.1 Å². The number of carbonyl (C=O) groups is 2. The van der Waals surface area contributed by atoms with E-state index in [2.05, 4.69) is 5.10 Å². The van der Waals surface area contributed by atoms with Gasteiger partial charge in [-0.25, -0.2) is 0 Å². The summed E-state index contributed by atoms with van der Waals surface area (Å²) < 4.78 is 1.09. The van der Waals surface area contributed by atoms with Crippen molar-refractivity contribution in [2.24, 2.45) is 7.05 Å². The SMILES string of the molecule is Cn1cc([N+](=O)[O-])c(C(=O)NCC(=O)[O-])n1. The third-order valence-corrected chi connectivity index (χ3v) is 1.61. The van der Waals surface area contributed by atoms with Crippen LogP contribution >= 0.6 is 0 Å². The fourth-order valence-corrected chi connectivity index (χ4v) is 1.01. The van der Waals surface area contributed by atoms with Crippen molar-refractivity contribution in [1.29, 1.82) is 0 Å². The van der Waals surface area contributed by atoms with E-state index in [-0.39, 0.29) is 0 Å². The molecule has 0 aliphatic carbocycles. The molecule has 0 spiro atoms. The maximum Gasteiger partial charge on any atom is 0.320 e. The molecule has 0 radical (unpaired) electrons. The van der Waals surface area contributed by atoms with E-state index in [1.54, 1.807) is 0 Å². The molecule has 0 fully saturated rings. The molecular weight excluding hydrogens is 220 g/mol. The number of carbonyl (C=O) groups excluding carboxylic acids is 2. The van der Waals surface area contributed by atoms with Crippen molar-refractivity contribution in [2.45, 2.75) is 0 Å². The lowest BCUT2D eigenvalue weighted by Gasteiger charge is -2.02. The number of nitrogens with one attached hydrogen (secondary N) is 1. The van der Waals surface area contributed by atoms with Crippen molar-refractivity contribution >= 4 is 17.6 Å². The number of aryl methyl sites for hydroxylation is 1. The Balaban J connectivity index is 2.90. The first-order valence-electron chi connectivity index (χ1n) is 4.08. The molecule has 0 saturated heterocycles. The molecule has 0 atom stereocenters. The Kier molecular flexibility index (Phi) is 3.18. The first kappa shape index (κ1) is 11.6. The number of amides is 1. The summed E-state index contributed by atoms with van der Waals surface area (Å²) in [6.45, 7) is -0.730. The number of hydrogen-bond acceptors (Lipinski definition) is 6. The minimum absolute atomic E-state index is 0.436. The van der Waals surface area contributed by atoms with Gasteiger partial charge in [-0.15, -0.1) is 0 Å². The average Bonchev–Trinajstić information content (AvgIpc) is 2.56. The molecule has 9 heteroatoms. The van der Waals surface area contributed by atoms with Gasteiger partial charge in [0.25, 0.3) is 5.91 Å². The average molecular weight is 227 g/mol. The van der Waals surface area contributed by atoms with Crippen molar-refractivity contribution in [1.82, 2.24) is 15.1 Å². The van der Waals surface area contributed by atoms with E-state index in [1.807, 2.05) is 5.32 Å². The number of carboxylic acids is 1. The van der Waals surface area contributed by atoms with Crippen LogP contribution in [0, 0.1) is 10.1 Å². The lowest BCUT2D eigenvalue weighted by atomic mass is 10.3. The lowest BCUT2D eigenvalue weighted by Crippen LogP contribution is -2.38. The molecule has 0 saturated carbocycles. The zero-order valence-electron chi connectivity index (χ0n) is 8.17. The number of hydrogen-bond donors (Lipinski definition) is 1. The van der Waals surface area contributed by atoms with Gasteiger partial charge in [-0.1, -0.05) is 0 Å². The molecule has 0 aliphatic rings. The molecule has 0 unspecified atom stereocenters. The zero-order chi connectivity index (χ0) is 12.3. The Morgan fingerprint density at radius 3 is 2.75 bits per heavy atom. The van der Waals surface area contributed by atoms with E-state index >= 15 is 0 Å². The molecule has 1 heterocycles. The molecule has 0 aromatic carbocycles. The second kappa shape index (κ2) is 4.38. The van der Waals surface area contributed by atoms with E-state index in [1.165, 1.54) is 7.05 Å². The molecule has 0 aliphatic heterocycles. The number of nitro groups is 1. The molecule has 0 bridgehead atoms. The second-order valence-electron chi connectivity index (χ2n) is 2.85. The van der Waals surface area contributed by atoms with Crippen LogP contribution in [0.1, 0.15) is 10.5 Å². The van der Waals surface area contributed by atoms with Crippen LogP contribution in [0.2, 0.25) is 0 Å². The number of aromatic nitrogens is 2. The topological polar surface area (TPSA) is 130 Å². The predicted molar refractivity (Wildman–Crippen MR) is 47.2 cm³/mol. The minimum atomic E-state index is -1.49. The maximum absolute atomic E-state index is 11.3. The Morgan fingerprint density at radius 1 is 1.62 bits per heavy atom. The summed E-state index contributed by atoms with van der Waals surface area (Å²) in [4.78, 5) is 31.1. The number of aliphatic carboxylic acids is 1. The number of nitrogens with zero attached hydrogens (tertiary/aromatic N) is 3. The highest BCUT2D eigenvalue weighted by Gasteiger charge is 2.24. The van der Waals surface area contributed by atoms with Gasteiger partial charge in [0.2, 0.25) is 5.69 Å². The maximum atomic E-state index is 11.3. The summed E-state index contributed by atoms with van der Waals surface area (Å²) in [5.74, 6) is -2.43. The highest BCUT2D eigenvalue weighted by molar-refractivity contribution is 5.97. The van der Waals surface area contributed by atoms with Gasteiger partial charge >= 0.3 is 5.69 Å². The summed E-state index contributed by atoms with van der Waals surface area (Å²) in [7, 11) is 1.41. The Hall–Kier alpha value is -2.45. The summed E-state index contributed by atoms with van der Waals surface area (Å²) in [5.41, 5.74) is -0.924. The van der Waals surface area contributed by atoms with Crippen LogP contribution in [0.5, 0.6) is 0 Å². The van der Waals surface area contributed by atoms with Gasteiger partial charge < -0.3 is 15.2 Å². The number of rotatable bonds is 4. The van der Waals surface area contributed by atoms with Gasteiger partial charge in [-0.2, -0.15) is 5.10 Å². The first-order chi connectivity index (χ1) is 7.41. The molecule has 1 N–H and O–H groups in total. The van der Waals surface area contributed by atoms with Crippen LogP contribution in [0.25, 0.3) is 0 Å². The van der Waals surface area contributed by atoms with Crippen LogP contribution in [-0.2, 0) is 11.8 Å². The van der Waals surface area contributed by atoms with E-state index in [4.69, 9.17) is 0 Å². The molecule has 86 valence electrons. The van der Waals surface area contributed by atoms with E-state index in [9.17, 15) is 24.8 Å². The quantitative estimate of drug-likeness (QED) is 0.459. The summed E-state index contributed by atoms with van der Waals surface area (Å²) in [6.07, 6.45) is 1.05. The van der Waals surface area contributed by atoms with Crippen LogP contribution in [0.15, 0.2) is 6.20 Å². The van der Waals surface area contributed by atoms with Crippen molar-refractivity contribution in [2.75, 3.05) is 6.54 Å². The third-order valence-electron chi connectivity index (χ3n) is 1.61. The first-order valence-corrected chi connectivity index (χ1v) is 4.08. The predicted octanol–water partition coefficient (Wildman–Crippen LogP) is -2.19. The zero-order valence-corrected chi connectivity index (χ0v) is 8.17. The van der Waals surface area contributed by atoms with Crippen molar-refractivity contribution < 1.29 is 19.6 Å². The van der Waals surface area contributed by atoms with Gasteiger partial charge in [0.05, 0.1) is 17.4 Å². The van der Waals surface area contributed by atoms with Crippen LogP contribution < -0.4 is 10.4 Å². The molecule has 1 aromatic heterocycles. The summed E-state index contributed by atoms with van der Waals surface area (Å²) in [5, 5.41) is 26.1. The monoisotopic (exact) mass is 227 g/mol. The number of carboxylic acid groups (broad SMARTS) is 1. The van der Waals surface area contributed by atoms with Crippen molar-refractivity contribution in [3.8, 4) is 0 Å². The Bertz CT molecular complexity index is 452. The summed E-state index contributed by atoms with van der Waals surface area (Å²) >= 11 is 0. The fourth-order valence-electron chi connectivity index (χ4n) is 1.01. The fraction of sp³-hybridized carbons (Fsp3) is 0.286. The molecular formula is C7H7N4O5-. The normalized spacial score (nSPS) is 9.81. The van der Waals surface area contributed by atoms with Crippen LogP contribution in [0.4, 0.5) is 5.69 Å². The smallest absolute Gasteiger partial charge is 0.320 e. The highest BCUT2D eigenvalue weighted by atomic mass is 16.6. The van der Waals surface area contributed by atoms with E-state index < -0.39 is 34.7 Å². The Labute approximate surface area is 88.8 Å². The van der Waals surface area contributed by atoms with Crippen LogP contribution in [0.3, 0.4) is 0 Å². The molecule has 1 rings (SSSR count). The van der Waals surface area contributed by atoms with E-state index in [0.29, 0.717) is 0 Å². The minimum Gasteiger partial charge on any atom is -0.548 e. The standard InChI is InChI=1S/C7H8N4O5/c1-10-3-4(11(15)16)6(9-10)7(14)8-2-5(12)13/h3H,2H2,1H3,(H,8,14)(H,12,13)/p-1. The van der Waals surface area contributed by atoms with Crippen molar-refractivity contribution in [3.05, 3.63) is 22.0 Å². The van der Waals surface area contributed by atoms with Gasteiger partial charge in [0.15, 0.2) is 0 Å². The molecule has 1 aromatic rings. The largest absolute Gasteiger partial charge is 0.548 e. The summed E-state index contributed by atoms with van der Waals surface area (Å²) in [6, 6.07) is 0. The van der Waals surface area contributed by atoms with Gasteiger partial charge in [0, 0.05) is 7.05 Å². The van der Waals surface area contributed by atoms with Crippen molar-refractivity contribution in [3.63, 3.8) is 0 Å². The van der Waals surface area contributed by atoms with Gasteiger partial charge in [-0.05, 0) is 0 Å². The Morgan fingerprint density at radius 2 is 2.25 bits per heavy atom. The molecule has 9 nitrogen and oxygen atoms in total. The lowest BCUT2D eigenvalue weighted by molar-refractivity contribution is -0.385. The molecule has 1 amide bonds. The van der Waals surface area contributed by atoms with Gasteiger partial charge in [-0.3, -0.25) is 19.6 Å². The third kappa shape index (κ3) is 2.53. The highest BCUT2D eigenvalue weighted by Crippen LogP contribution is 2.15. The van der Waals surface area contributed by atoms with E-state index in [0.717, 1.165) is 10.9 Å².